The predicted octanol–water partition coefficient (Wildman–Crippen LogP) is 2.02. The smallest absolute Gasteiger partial charge is 0.222 e. The maximum Gasteiger partial charge on any atom is 0.222 e. The van der Waals surface area contributed by atoms with Gasteiger partial charge in [0.25, 0.3) is 0 Å². The highest BCUT2D eigenvalue weighted by atomic mass is 16.2. The topological polar surface area (TPSA) is 66.8 Å². The van der Waals surface area contributed by atoms with Gasteiger partial charge >= 0.3 is 0 Å². The van der Waals surface area contributed by atoms with E-state index in [1.165, 1.54) is 0 Å². The van der Waals surface area contributed by atoms with Gasteiger partial charge in [0.1, 0.15) is 0 Å². The molecule has 0 bridgehead atoms. The van der Waals surface area contributed by atoms with Crippen LogP contribution in [0.5, 0.6) is 0 Å². The summed E-state index contributed by atoms with van der Waals surface area (Å²) in [5.74, 6) is 0.658. The number of carbonyl (C=O) groups is 1. The Morgan fingerprint density at radius 3 is 3.00 bits per heavy atom. The van der Waals surface area contributed by atoms with Crippen LogP contribution in [0, 0.1) is 13.8 Å². The van der Waals surface area contributed by atoms with Crippen molar-refractivity contribution in [2.45, 2.75) is 45.6 Å². The Morgan fingerprint density at radius 1 is 1.45 bits per heavy atom. The summed E-state index contributed by atoms with van der Waals surface area (Å²) < 4.78 is 1.99. The van der Waals surface area contributed by atoms with Gasteiger partial charge in [-0.25, -0.2) is 0 Å². The molecule has 1 atom stereocenters. The minimum atomic E-state index is 0.253. The van der Waals surface area contributed by atoms with E-state index < -0.39 is 0 Å². The van der Waals surface area contributed by atoms with Crippen LogP contribution in [0.15, 0.2) is 18.3 Å². The fourth-order valence-electron chi connectivity index (χ4n) is 3.17. The molecule has 0 radical (unpaired) electrons. The van der Waals surface area contributed by atoms with Crippen LogP contribution in [0.4, 0.5) is 0 Å². The van der Waals surface area contributed by atoms with E-state index in [4.69, 9.17) is 0 Å². The molecule has 1 aliphatic heterocycles. The van der Waals surface area contributed by atoms with Gasteiger partial charge in [0, 0.05) is 49.6 Å². The highest BCUT2D eigenvalue weighted by molar-refractivity contribution is 5.76. The predicted molar refractivity (Wildman–Crippen MR) is 83.5 cm³/mol. The molecule has 2 aromatic heterocycles. The second kappa shape index (κ2) is 6.34. The number of amides is 1. The van der Waals surface area contributed by atoms with Crippen molar-refractivity contribution in [3.8, 4) is 0 Å². The van der Waals surface area contributed by atoms with Crippen LogP contribution >= 0.6 is 0 Å². The highest BCUT2D eigenvalue weighted by Crippen LogP contribution is 2.25. The van der Waals surface area contributed by atoms with Gasteiger partial charge in [-0.2, -0.15) is 10.2 Å². The molecule has 1 unspecified atom stereocenters. The number of rotatable bonds is 5. The van der Waals surface area contributed by atoms with Crippen molar-refractivity contribution in [1.82, 2.24) is 24.9 Å². The molecule has 1 fully saturated rings. The molecule has 0 aromatic carbocycles. The quantitative estimate of drug-likeness (QED) is 0.918. The van der Waals surface area contributed by atoms with Crippen LogP contribution in [0.25, 0.3) is 0 Å². The third-order valence-electron chi connectivity index (χ3n) is 4.37. The molecule has 1 amide bonds. The Labute approximate surface area is 130 Å². The van der Waals surface area contributed by atoms with Crippen LogP contribution in [-0.4, -0.2) is 43.9 Å². The molecule has 1 saturated heterocycles. The van der Waals surface area contributed by atoms with Crippen molar-refractivity contribution in [2.24, 2.45) is 0 Å². The summed E-state index contributed by atoms with van der Waals surface area (Å²) in [6.45, 7) is 6.51. The summed E-state index contributed by atoms with van der Waals surface area (Å²) >= 11 is 0. The fraction of sp³-hybridized carbons (Fsp3) is 0.562. The Morgan fingerprint density at radius 2 is 2.32 bits per heavy atom. The third kappa shape index (κ3) is 3.21. The monoisotopic (exact) mass is 301 g/mol. The van der Waals surface area contributed by atoms with Gasteiger partial charge in [-0.05, 0) is 38.8 Å². The second-order valence-corrected chi connectivity index (χ2v) is 6.09. The van der Waals surface area contributed by atoms with E-state index in [1.807, 2.05) is 22.6 Å². The third-order valence-corrected chi connectivity index (χ3v) is 4.37. The minimum absolute atomic E-state index is 0.253. The molecule has 0 saturated carbocycles. The lowest BCUT2D eigenvalue weighted by Crippen LogP contribution is -2.28. The zero-order valence-electron chi connectivity index (χ0n) is 13.2. The van der Waals surface area contributed by atoms with Crippen molar-refractivity contribution in [3.05, 3.63) is 35.4 Å². The summed E-state index contributed by atoms with van der Waals surface area (Å²) in [5, 5.41) is 11.4. The summed E-state index contributed by atoms with van der Waals surface area (Å²) in [6.07, 6.45) is 4.22. The maximum atomic E-state index is 12.3. The Bertz CT molecular complexity index is 631. The van der Waals surface area contributed by atoms with Gasteiger partial charge in [0.15, 0.2) is 0 Å². The molecule has 118 valence electrons. The summed E-state index contributed by atoms with van der Waals surface area (Å²) in [5.41, 5.74) is 3.33. The van der Waals surface area contributed by atoms with Crippen LogP contribution < -0.4 is 0 Å². The molecule has 2 aromatic rings. The van der Waals surface area contributed by atoms with E-state index in [0.717, 1.165) is 49.6 Å². The van der Waals surface area contributed by atoms with Crippen molar-refractivity contribution in [2.75, 3.05) is 13.1 Å². The van der Waals surface area contributed by atoms with Gasteiger partial charge in [-0.15, -0.1) is 0 Å². The van der Waals surface area contributed by atoms with Gasteiger partial charge < -0.3 is 4.90 Å². The highest BCUT2D eigenvalue weighted by Gasteiger charge is 2.27. The lowest BCUT2D eigenvalue weighted by atomic mass is 10.1. The first-order chi connectivity index (χ1) is 10.6. The fourth-order valence-corrected chi connectivity index (χ4v) is 3.17. The van der Waals surface area contributed by atoms with E-state index >= 15 is 0 Å². The largest absolute Gasteiger partial charge is 0.342 e. The summed E-state index contributed by atoms with van der Waals surface area (Å²) in [7, 11) is 0. The van der Waals surface area contributed by atoms with Crippen molar-refractivity contribution >= 4 is 5.91 Å². The van der Waals surface area contributed by atoms with Gasteiger partial charge in [-0.1, -0.05) is 0 Å². The van der Waals surface area contributed by atoms with Crippen LogP contribution in [0.3, 0.4) is 0 Å². The van der Waals surface area contributed by atoms with E-state index in [0.29, 0.717) is 12.3 Å². The zero-order chi connectivity index (χ0) is 15.5. The van der Waals surface area contributed by atoms with E-state index in [9.17, 15) is 4.79 Å². The van der Waals surface area contributed by atoms with Gasteiger partial charge in [0.2, 0.25) is 5.91 Å². The summed E-state index contributed by atoms with van der Waals surface area (Å²) in [4.78, 5) is 14.3. The SMILES string of the molecule is Cc1cc(C)n(CCCC(=O)N2CCC(c3ccn[nH]3)C2)n1. The number of nitrogens with one attached hydrogen (secondary N) is 1. The number of aromatic amines is 1. The van der Waals surface area contributed by atoms with E-state index in [-0.39, 0.29) is 5.91 Å². The van der Waals surface area contributed by atoms with Crippen molar-refractivity contribution in [1.29, 1.82) is 0 Å². The lowest BCUT2D eigenvalue weighted by molar-refractivity contribution is -0.130. The number of hydrogen-bond acceptors (Lipinski definition) is 3. The van der Waals surface area contributed by atoms with Gasteiger partial charge in [0.05, 0.1) is 5.69 Å². The minimum Gasteiger partial charge on any atom is -0.342 e. The van der Waals surface area contributed by atoms with Crippen LogP contribution in [0.1, 0.15) is 42.3 Å². The number of H-pyrrole nitrogens is 1. The second-order valence-electron chi connectivity index (χ2n) is 6.09. The number of aromatic nitrogens is 4. The van der Waals surface area contributed by atoms with Gasteiger partial charge in [-0.3, -0.25) is 14.6 Å². The Hall–Kier alpha value is -2.11. The van der Waals surface area contributed by atoms with E-state index in [1.54, 1.807) is 6.20 Å². The molecule has 1 N–H and O–H groups in total. The van der Waals surface area contributed by atoms with Crippen molar-refractivity contribution in [3.63, 3.8) is 0 Å². The molecule has 6 heteroatoms. The number of carbonyl (C=O) groups excluding carboxylic acids is 1. The first-order valence-electron chi connectivity index (χ1n) is 7.91. The Balaban J connectivity index is 1.46. The molecular weight excluding hydrogens is 278 g/mol. The molecule has 0 aliphatic carbocycles. The molecule has 6 nitrogen and oxygen atoms in total. The van der Waals surface area contributed by atoms with E-state index in [2.05, 4.69) is 28.3 Å². The van der Waals surface area contributed by atoms with Crippen LogP contribution in [0.2, 0.25) is 0 Å². The number of aryl methyl sites for hydroxylation is 3. The normalized spacial score (nSPS) is 18.1. The molecule has 1 aliphatic rings. The zero-order valence-corrected chi connectivity index (χ0v) is 13.2. The molecule has 3 rings (SSSR count). The molecule has 22 heavy (non-hydrogen) atoms. The number of likely N-dealkylation sites (tertiary alicyclic amines) is 1. The number of hydrogen-bond donors (Lipinski definition) is 1. The standard InChI is InChI=1S/C16H23N5O/c1-12-10-13(2)21(19-12)8-3-4-16(22)20-9-6-14(11-20)15-5-7-17-18-15/h5,7,10,14H,3-4,6,8-9,11H2,1-2H3,(H,17,18). The average molecular weight is 301 g/mol. The van der Waals surface area contributed by atoms with Crippen LogP contribution in [-0.2, 0) is 11.3 Å². The number of nitrogens with zero attached hydrogens (tertiary/aromatic N) is 4. The Kier molecular flexibility index (Phi) is 4.27. The molecule has 3 heterocycles. The molecule has 0 spiro atoms. The lowest BCUT2D eigenvalue weighted by Gasteiger charge is -2.16. The molecular formula is C16H23N5O. The first kappa shape index (κ1) is 14.8. The van der Waals surface area contributed by atoms with Crippen molar-refractivity contribution < 1.29 is 4.79 Å². The maximum absolute atomic E-state index is 12.3. The summed E-state index contributed by atoms with van der Waals surface area (Å²) in [6, 6.07) is 4.07. The average Bonchev–Trinajstić information content (AvgIpc) is 3.19. The first-order valence-corrected chi connectivity index (χ1v) is 7.91.